The third kappa shape index (κ3) is 6.82. The van der Waals surface area contributed by atoms with Crippen molar-refractivity contribution in [2.45, 2.75) is 19.6 Å². The lowest BCUT2D eigenvalue weighted by Crippen LogP contribution is -2.44. The molecule has 0 radical (unpaired) electrons. The van der Waals surface area contributed by atoms with Crippen molar-refractivity contribution < 1.29 is 22.8 Å². The number of benzene rings is 2. The zero-order valence-electron chi connectivity index (χ0n) is 24.4. The number of pyridine rings is 1. The maximum atomic E-state index is 14.0. The summed E-state index contributed by atoms with van der Waals surface area (Å²) in [4.78, 5) is 33.7. The van der Waals surface area contributed by atoms with Gasteiger partial charge in [0.25, 0.3) is 11.8 Å². The maximum absolute atomic E-state index is 14.0. The number of piperazine rings is 1. The summed E-state index contributed by atoms with van der Waals surface area (Å²) in [5.74, 6) is 5.03. The monoisotopic (exact) mass is 604 g/mol. The Balaban J connectivity index is 1.38. The average molecular weight is 605 g/mol. The van der Waals surface area contributed by atoms with Gasteiger partial charge >= 0.3 is 6.18 Å². The third-order valence-corrected chi connectivity index (χ3v) is 7.43. The lowest BCUT2D eigenvalue weighted by molar-refractivity contribution is -0.138. The van der Waals surface area contributed by atoms with Crippen molar-refractivity contribution in [1.82, 2.24) is 29.7 Å². The molecule has 0 atom stereocenters. The molecule has 3 heterocycles. The molecule has 1 aliphatic rings. The second kappa shape index (κ2) is 12.4. The summed E-state index contributed by atoms with van der Waals surface area (Å²) in [5, 5.41) is 9.21. The predicted molar refractivity (Wildman–Crippen MR) is 160 cm³/mol. The van der Waals surface area contributed by atoms with E-state index < -0.39 is 17.6 Å². The van der Waals surface area contributed by atoms with Gasteiger partial charge in [0.05, 0.1) is 11.1 Å². The van der Waals surface area contributed by atoms with Crippen molar-refractivity contribution >= 4 is 29.1 Å². The van der Waals surface area contributed by atoms with Crippen LogP contribution in [0.25, 0.3) is 5.65 Å². The summed E-state index contributed by atoms with van der Waals surface area (Å²) in [6.45, 7) is 4.95. The molecule has 0 aliphatic carbocycles. The molecule has 4 aromatic rings. The standard InChI is InChI=1S/C31H31F3N8O2/c1-19-4-6-22(15-21(19)7-5-20-14-25(29(44)36-2)27-38-30(35)39-42(27)17-20)28(43)37-24-9-8-23(26(16-24)31(32,33)34)18-41-12-10-40(3)11-13-41/h4,6,8-9,14-17H,10-13,18H2,1-3H3,(H2,35,39)(H,36,44)(H,37,43). The van der Waals surface area contributed by atoms with E-state index in [1.165, 1.54) is 23.7 Å². The topological polar surface area (TPSA) is 121 Å². The van der Waals surface area contributed by atoms with Gasteiger partial charge < -0.3 is 21.3 Å². The smallest absolute Gasteiger partial charge is 0.366 e. The Morgan fingerprint density at radius 3 is 2.48 bits per heavy atom. The number of nitrogen functional groups attached to an aromatic ring is 1. The van der Waals surface area contributed by atoms with Gasteiger partial charge in [0.15, 0.2) is 5.65 Å². The molecule has 0 unspecified atom stereocenters. The molecule has 44 heavy (non-hydrogen) atoms. The van der Waals surface area contributed by atoms with E-state index in [1.54, 1.807) is 30.5 Å². The van der Waals surface area contributed by atoms with E-state index in [1.807, 2.05) is 18.9 Å². The first-order chi connectivity index (χ1) is 20.9. The van der Waals surface area contributed by atoms with Crippen LogP contribution in [0, 0.1) is 18.8 Å². The quantitative estimate of drug-likeness (QED) is 0.299. The number of fused-ring (bicyclic) bond motifs is 1. The van der Waals surface area contributed by atoms with Crippen molar-refractivity contribution in [3.05, 3.63) is 87.6 Å². The minimum Gasteiger partial charge on any atom is -0.366 e. The summed E-state index contributed by atoms with van der Waals surface area (Å²) >= 11 is 0. The molecule has 5 rings (SSSR count). The minimum absolute atomic E-state index is 0.00171. The number of alkyl halides is 3. The fraction of sp³-hybridized carbons (Fsp3) is 0.290. The number of rotatable bonds is 5. The SMILES string of the molecule is CNC(=O)c1cc(C#Cc2cc(C(=O)Nc3ccc(CN4CCN(C)CC4)c(C(F)(F)F)c3)ccc2C)cn2nc(N)nc12. The zero-order valence-corrected chi connectivity index (χ0v) is 24.4. The fourth-order valence-corrected chi connectivity index (χ4v) is 4.92. The molecule has 228 valence electrons. The van der Waals surface area contributed by atoms with Crippen LogP contribution in [0.5, 0.6) is 0 Å². The number of aromatic nitrogens is 3. The number of nitrogens with zero attached hydrogens (tertiary/aromatic N) is 5. The molecule has 10 nitrogen and oxygen atoms in total. The number of carbonyl (C=O) groups excluding carboxylic acids is 2. The second-order valence-corrected chi connectivity index (χ2v) is 10.6. The van der Waals surface area contributed by atoms with Gasteiger partial charge in [-0.05, 0) is 55.4 Å². The van der Waals surface area contributed by atoms with E-state index in [4.69, 9.17) is 5.73 Å². The molecular weight excluding hydrogens is 573 g/mol. The van der Waals surface area contributed by atoms with Gasteiger partial charge in [-0.15, -0.1) is 5.10 Å². The average Bonchev–Trinajstić information content (AvgIpc) is 3.37. The minimum atomic E-state index is -4.58. The molecule has 0 saturated carbocycles. The molecule has 0 bridgehead atoms. The van der Waals surface area contributed by atoms with E-state index in [9.17, 15) is 22.8 Å². The molecule has 2 aromatic carbocycles. The summed E-state index contributed by atoms with van der Waals surface area (Å²) < 4.78 is 43.4. The van der Waals surface area contributed by atoms with Crippen LogP contribution in [0.3, 0.4) is 0 Å². The van der Waals surface area contributed by atoms with Crippen LogP contribution in [0.1, 0.15) is 48.5 Å². The Labute approximate surface area is 252 Å². The molecular formula is C31H31F3N8O2. The van der Waals surface area contributed by atoms with Crippen molar-refractivity contribution in [1.29, 1.82) is 0 Å². The molecule has 1 fully saturated rings. The molecule has 2 amide bonds. The van der Waals surface area contributed by atoms with Crippen LogP contribution in [0.2, 0.25) is 0 Å². The molecule has 13 heteroatoms. The van der Waals surface area contributed by atoms with Gasteiger partial charge in [0.1, 0.15) is 0 Å². The summed E-state index contributed by atoms with van der Waals surface area (Å²) in [7, 11) is 3.48. The summed E-state index contributed by atoms with van der Waals surface area (Å²) in [6, 6.07) is 10.3. The Morgan fingerprint density at radius 1 is 1.02 bits per heavy atom. The van der Waals surface area contributed by atoms with Gasteiger partial charge in [-0.1, -0.05) is 24.0 Å². The highest BCUT2D eigenvalue weighted by Gasteiger charge is 2.34. The number of halogens is 3. The van der Waals surface area contributed by atoms with Crippen LogP contribution in [-0.2, 0) is 12.7 Å². The van der Waals surface area contributed by atoms with Crippen LogP contribution in [-0.4, -0.2) is 76.5 Å². The number of carbonyl (C=O) groups is 2. The van der Waals surface area contributed by atoms with E-state index >= 15 is 0 Å². The first kappa shape index (κ1) is 30.5. The number of hydrogen-bond donors (Lipinski definition) is 3. The number of nitrogens with one attached hydrogen (secondary N) is 2. The Morgan fingerprint density at radius 2 is 1.77 bits per heavy atom. The first-order valence-electron chi connectivity index (χ1n) is 13.8. The van der Waals surface area contributed by atoms with Gasteiger partial charge in [0, 0.05) is 68.3 Å². The number of amides is 2. The third-order valence-electron chi connectivity index (χ3n) is 7.43. The van der Waals surface area contributed by atoms with Crippen molar-refractivity contribution in [2.75, 3.05) is 51.3 Å². The van der Waals surface area contributed by atoms with Gasteiger partial charge in [-0.3, -0.25) is 14.5 Å². The maximum Gasteiger partial charge on any atom is 0.416 e. The predicted octanol–water partition coefficient (Wildman–Crippen LogP) is 3.40. The fourth-order valence-electron chi connectivity index (χ4n) is 4.92. The lowest BCUT2D eigenvalue weighted by atomic mass is 10.0. The van der Waals surface area contributed by atoms with Gasteiger partial charge in [0.2, 0.25) is 5.95 Å². The van der Waals surface area contributed by atoms with Crippen LogP contribution >= 0.6 is 0 Å². The van der Waals surface area contributed by atoms with Crippen molar-refractivity contribution in [2.24, 2.45) is 0 Å². The van der Waals surface area contributed by atoms with E-state index in [0.29, 0.717) is 24.2 Å². The zero-order chi connectivity index (χ0) is 31.6. The lowest BCUT2D eigenvalue weighted by Gasteiger charge is -2.33. The Bertz CT molecular complexity index is 1800. The summed E-state index contributed by atoms with van der Waals surface area (Å²) in [5.41, 5.74) is 7.64. The van der Waals surface area contributed by atoms with Crippen LogP contribution in [0.15, 0.2) is 48.7 Å². The highest BCUT2D eigenvalue weighted by atomic mass is 19.4. The highest BCUT2D eigenvalue weighted by molar-refractivity contribution is 6.04. The number of hydrogen-bond acceptors (Lipinski definition) is 7. The Kier molecular flexibility index (Phi) is 8.57. The molecule has 1 saturated heterocycles. The van der Waals surface area contributed by atoms with E-state index in [0.717, 1.165) is 24.7 Å². The summed E-state index contributed by atoms with van der Waals surface area (Å²) in [6.07, 6.45) is -3.00. The molecule has 0 spiro atoms. The van der Waals surface area contributed by atoms with Gasteiger partial charge in [-0.2, -0.15) is 18.2 Å². The second-order valence-electron chi connectivity index (χ2n) is 10.6. The Hall–Kier alpha value is -4.93. The largest absolute Gasteiger partial charge is 0.416 e. The number of nitrogens with two attached hydrogens (primary N) is 1. The van der Waals surface area contributed by atoms with Crippen LogP contribution < -0.4 is 16.4 Å². The number of aryl methyl sites for hydroxylation is 1. The van der Waals surface area contributed by atoms with Crippen LogP contribution in [0.4, 0.5) is 24.8 Å². The molecule has 1 aliphatic heterocycles. The normalized spacial score (nSPS) is 14.2. The first-order valence-corrected chi connectivity index (χ1v) is 13.8. The number of likely N-dealkylation sites (N-methyl/N-ethyl adjacent to an activating group) is 1. The van der Waals surface area contributed by atoms with Gasteiger partial charge in [-0.25, -0.2) is 4.52 Å². The number of anilines is 2. The molecule has 2 aromatic heterocycles. The van der Waals surface area contributed by atoms with E-state index in [2.05, 4.69) is 37.5 Å². The van der Waals surface area contributed by atoms with Crippen molar-refractivity contribution in [3.63, 3.8) is 0 Å². The molecule has 4 N–H and O–H groups in total. The highest BCUT2D eigenvalue weighted by Crippen LogP contribution is 2.34. The van der Waals surface area contributed by atoms with E-state index in [-0.39, 0.29) is 46.4 Å². The van der Waals surface area contributed by atoms with Crippen molar-refractivity contribution in [3.8, 4) is 11.8 Å².